The summed E-state index contributed by atoms with van der Waals surface area (Å²) in [5, 5.41) is 3.03. The van der Waals surface area contributed by atoms with Crippen LogP contribution in [0.4, 0.5) is 0 Å². The van der Waals surface area contributed by atoms with Crippen LogP contribution in [-0.2, 0) is 27.9 Å². The number of phosphoric ester groups is 1. The van der Waals surface area contributed by atoms with Crippen LogP contribution in [0.2, 0.25) is 0 Å². The Kier molecular flexibility index (Phi) is 60.6. The molecule has 0 aliphatic rings. The molecule has 3 atom stereocenters. The maximum atomic E-state index is 13.6. The highest BCUT2D eigenvalue weighted by atomic mass is 31.2. The average molecular weight is 1180 g/mol. The Bertz CT molecular complexity index is 1650. The molecule has 0 aromatic carbocycles. The number of nitrogens with one attached hydrogen (secondary N) is 1. The normalized spacial score (nSPS) is 14.0. The van der Waals surface area contributed by atoms with Crippen LogP contribution < -0.4 is 10.2 Å². The predicted molar refractivity (Wildman–Crippen MR) is 358 cm³/mol. The average Bonchev–Trinajstić information content (AvgIpc) is 3.52. The van der Waals surface area contributed by atoms with E-state index >= 15 is 0 Å². The van der Waals surface area contributed by atoms with Crippen LogP contribution in [0.5, 0.6) is 0 Å². The van der Waals surface area contributed by atoms with Gasteiger partial charge in [0.1, 0.15) is 19.3 Å². The molecule has 0 rings (SSSR count). The monoisotopic (exact) mass is 1180 g/mol. The lowest BCUT2D eigenvalue weighted by molar-refractivity contribution is -0.870. The van der Waals surface area contributed by atoms with Crippen LogP contribution in [0, 0.1) is 0 Å². The largest absolute Gasteiger partial charge is 0.756 e. The van der Waals surface area contributed by atoms with Crippen molar-refractivity contribution in [3.8, 4) is 0 Å². The smallest absolute Gasteiger partial charge is 0.306 e. The molecular formula is C73H135N2O7P. The molecule has 0 saturated heterocycles. The summed E-state index contributed by atoms with van der Waals surface area (Å²) < 4.78 is 30.4. The minimum Gasteiger partial charge on any atom is -0.756 e. The van der Waals surface area contributed by atoms with Crippen molar-refractivity contribution in [1.29, 1.82) is 0 Å². The third-order valence-electron chi connectivity index (χ3n) is 15.6. The minimum absolute atomic E-state index is 0.0260. The molecule has 0 spiro atoms. The van der Waals surface area contributed by atoms with Crippen LogP contribution in [0.1, 0.15) is 329 Å². The highest BCUT2D eigenvalue weighted by Crippen LogP contribution is 2.38. The van der Waals surface area contributed by atoms with Gasteiger partial charge in [-0.1, -0.05) is 287 Å². The van der Waals surface area contributed by atoms with E-state index in [1.54, 1.807) is 0 Å². The van der Waals surface area contributed by atoms with Crippen molar-refractivity contribution in [1.82, 2.24) is 5.32 Å². The SMILES string of the molecule is CCCCC/C=C\C/C=C\C/C=C\CCCCCCCCC(=O)NC(COP(=O)([O-])OCC[N+](C)(C)C)C(/C=C\CCCCCCCCCCC)OC(=O)CCCCCCCCCCCCCCCCCCC/C=C\C/C=C\CCCCC. The molecule has 1 amide bonds. The second-order valence-corrected chi connectivity index (χ2v) is 26.4. The molecule has 0 aromatic rings. The number of phosphoric acid groups is 1. The van der Waals surface area contributed by atoms with Crippen LogP contribution in [0.25, 0.3) is 0 Å². The lowest BCUT2D eigenvalue weighted by Gasteiger charge is -2.30. The number of rotatable bonds is 64. The summed E-state index contributed by atoms with van der Waals surface area (Å²) in [6.45, 7) is 6.81. The zero-order chi connectivity index (χ0) is 60.7. The van der Waals surface area contributed by atoms with Crippen molar-refractivity contribution in [3.05, 3.63) is 72.9 Å². The molecule has 9 nitrogen and oxygen atoms in total. The molecule has 0 radical (unpaired) electrons. The third kappa shape index (κ3) is 63.8. The Labute approximate surface area is 514 Å². The van der Waals surface area contributed by atoms with E-state index in [1.807, 2.05) is 33.3 Å². The number of ether oxygens (including phenoxy) is 1. The van der Waals surface area contributed by atoms with E-state index in [4.69, 9.17) is 13.8 Å². The van der Waals surface area contributed by atoms with Crippen molar-refractivity contribution in [2.45, 2.75) is 341 Å². The second-order valence-electron chi connectivity index (χ2n) is 25.0. The van der Waals surface area contributed by atoms with E-state index in [2.05, 4.69) is 86.8 Å². The predicted octanol–water partition coefficient (Wildman–Crippen LogP) is 21.7. The number of hydrogen-bond acceptors (Lipinski definition) is 7. The molecule has 0 fully saturated rings. The van der Waals surface area contributed by atoms with Gasteiger partial charge in [-0.25, -0.2) is 0 Å². The van der Waals surface area contributed by atoms with Crippen molar-refractivity contribution in [3.63, 3.8) is 0 Å². The standard InChI is InChI=1S/C73H135N2O7P/c1-7-10-13-16-19-22-25-27-29-31-33-34-35-36-37-38-39-40-42-44-46-48-51-54-57-60-63-66-73(77)82-71(64-61-58-55-52-49-24-21-18-15-12-9-3)70(69-81-83(78,79)80-68-67-75(4,5)6)74-72(76)65-62-59-56-53-50-47-45-43-41-32-30-28-26-23-20-17-14-11-8-2/h19-20,22-23,27-30,41,43,61,64,70-71H,7-18,21,24-26,31-40,42,44-60,62-63,65-69H2,1-6H3,(H-,74,76,78,79)/b22-19-,23-20-,29-27-,30-28-,43-41-,64-61-. The highest BCUT2D eigenvalue weighted by molar-refractivity contribution is 7.45. The number of nitrogens with zero attached hydrogens (tertiary/aromatic N) is 1. The van der Waals surface area contributed by atoms with Crippen LogP contribution in [0.15, 0.2) is 72.9 Å². The van der Waals surface area contributed by atoms with Gasteiger partial charge in [-0.2, -0.15) is 0 Å². The number of carbonyl (C=O) groups excluding carboxylic acids is 2. The van der Waals surface area contributed by atoms with E-state index < -0.39 is 26.6 Å². The van der Waals surface area contributed by atoms with Crippen LogP contribution >= 0.6 is 7.82 Å². The van der Waals surface area contributed by atoms with Gasteiger partial charge in [-0.05, 0) is 102 Å². The van der Waals surface area contributed by atoms with E-state index in [1.165, 1.54) is 193 Å². The van der Waals surface area contributed by atoms with Gasteiger partial charge in [0.25, 0.3) is 7.82 Å². The zero-order valence-corrected chi connectivity index (χ0v) is 56.3. The molecule has 83 heavy (non-hydrogen) atoms. The molecule has 3 unspecified atom stereocenters. The third-order valence-corrected chi connectivity index (χ3v) is 16.6. The lowest BCUT2D eigenvalue weighted by Crippen LogP contribution is -2.47. The Balaban J connectivity index is 5.00. The number of hydrogen-bond donors (Lipinski definition) is 1. The van der Waals surface area contributed by atoms with Crippen LogP contribution in [-0.4, -0.2) is 69.4 Å². The van der Waals surface area contributed by atoms with E-state index in [0.717, 1.165) is 103 Å². The van der Waals surface area contributed by atoms with Crippen molar-refractivity contribution < 1.29 is 37.3 Å². The Morgan fingerprint density at radius 2 is 0.735 bits per heavy atom. The summed E-state index contributed by atoms with van der Waals surface area (Å²) in [4.78, 5) is 40.1. The zero-order valence-electron chi connectivity index (χ0n) is 55.4. The number of carbonyl (C=O) groups is 2. The first-order chi connectivity index (χ1) is 40.4. The first-order valence-corrected chi connectivity index (χ1v) is 36.7. The first-order valence-electron chi connectivity index (χ1n) is 35.2. The summed E-state index contributed by atoms with van der Waals surface area (Å²) in [7, 11) is 1.18. The quantitative estimate of drug-likeness (QED) is 0.0212. The second kappa shape index (κ2) is 62.5. The van der Waals surface area contributed by atoms with Gasteiger partial charge >= 0.3 is 5.97 Å². The summed E-state index contributed by atoms with van der Waals surface area (Å²) in [5.74, 6) is -0.547. The minimum atomic E-state index is -4.71. The molecule has 484 valence electrons. The van der Waals surface area contributed by atoms with Gasteiger partial charge in [0.15, 0.2) is 0 Å². The molecule has 10 heteroatoms. The number of allylic oxidation sites excluding steroid dienone is 11. The lowest BCUT2D eigenvalue weighted by atomic mass is 10.0. The van der Waals surface area contributed by atoms with E-state index in [9.17, 15) is 19.0 Å². The van der Waals surface area contributed by atoms with Gasteiger partial charge in [-0.3, -0.25) is 14.2 Å². The van der Waals surface area contributed by atoms with Crippen molar-refractivity contribution in [2.24, 2.45) is 0 Å². The maximum absolute atomic E-state index is 13.6. The first kappa shape index (κ1) is 80.5. The molecule has 0 aliphatic heterocycles. The van der Waals surface area contributed by atoms with Gasteiger partial charge in [-0.15, -0.1) is 0 Å². The van der Waals surface area contributed by atoms with Gasteiger partial charge in [0.2, 0.25) is 5.91 Å². The Hall–Kier alpha value is -2.55. The Morgan fingerprint density at radius 3 is 1.12 bits per heavy atom. The van der Waals surface area contributed by atoms with E-state index in [-0.39, 0.29) is 24.9 Å². The molecule has 1 N–H and O–H groups in total. The summed E-state index contributed by atoms with van der Waals surface area (Å²) in [5.41, 5.74) is 0. The number of unbranched alkanes of at least 4 members (excludes halogenated alkanes) is 38. The molecule has 0 bridgehead atoms. The Morgan fingerprint density at radius 1 is 0.422 bits per heavy atom. The van der Waals surface area contributed by atoms with Gasteiger partial charge in [0.05, 0.1) is 33.8 Å². The number of amides is 1. The fourth-order valence-electron chi connectivity index (χ4n) is 10.1. The molecule has 0 aliphatic carbocycles. The van der Waals surface area contributed by atoms with Gasteiger partial charge in [0, 0.05) is 12.8 Å². The highest BCUT2D eigenvalue weighted by Gasteiger charge is 2.27. The van der Waals surface area contributed by atoms with Crippen molar-refractivity contribution >= 4 is 19.7 Å². The summed E-state index contributed by atoms with van der Waals surface area (Å²) >= 11 is 0. The fourth-order valence-corrected chi connectivity index (χ4v) is 10.9. The van der Waals surface area contributed by atoms with Crippen LogP contribution in [0.3, 0.4) is 0 Å². The fraction of sp³-hybridized carbons (Fsp3) is 0.808. The molecular weight excluding hydrogens is 1050 g/mol. The summed E-state index contributed by atoms with van der Waals surface area (Å²) in [6, 6.07) is -0.897. The molecule has 0 aromatic heterocycles. The number of quaternary nitrogens is 1. The van der Waals surface area contributed by atoms with E-state index in [0.29, 0.717) is 17.4 Å². The summed E-state index contributed by atoms with van der Waals surface area (Å²) in [6.07, 6.45) is 81.7. The van der Waals surface area contributed by atoms with Gasteiger partial charge < -0.3 is 28.5 Å². The van der Waals surface area contributed by atoms with Crippen molar-refractivity contribution in [2.75, 3.05) is 40.9 Å². The maximum Gasteiger partial charge on any atom is 0.306 e. The number of likely N-dealkylation sites (N-methyl/N-ethyl adjacent to an activating group) is 1. The molecule has 0 saturated carbocycles. The number of esters is 1. The topological polar surface area (TPSA) is 114 Å². The molecule has 0 heterocycles.